The number of piperazine rings is 1. The van der Waals surface area contributed by atoms with Crippen molar-refractivity contribution in [3.8, 4) is 5.75 Å². The molecule has 0 saturated carbocycles. The van der Waals surface area contributed by atoms with E-state index in [1.54, 1.807) is 7.11 Å². The van der Waals surface area contributed by atoms with Crippen LogP contribution in [0.1, 0.15) is 12.0 Å². The summed E-state index contributed by atoms with van der Waals surface area (Å²) in [7, 11) is 1.69. The van der Waals surface area contributed by atoms with Gasteiger partial charge in [-0.25, -0.2) is 0 Å². The summed E-state index contributed by atoms with van der Waals surface area (Å²) in [6, 6.07) is 8.15. The summed E-state index contributed by atoms with van der Waals surface area (Å²) in [6.07, 6.45) is 7.39. The molecule has 1 atom stereocenters. The van der Waals surface area contributed by atoms with Crippen LogP contribution in [0.3, 0.4) is 0 Å². The van der Waals surface area contributed by atoms with Crippen molar-refractivity contribution in [2.75, 3.05) is 33.3 Å². The van der Waals surface area contributed by atoms with E-state index in [1.807, 2.05) is 12.1 Å². The number of nitrogens with one attached hydrogen (secondary N) is 1. The van der Waals surface area contributed by atoms with E-state index in [9.17, 15) is 0 Å². The lowest BCUT2D eigenvalue weighted by Gasteiger charge is -2.42. The molecule has 0 amide bonds. The van der Waals surface area contributed by atoms with E-state index in [-0.39, 0.29) is 5.66 Å². The first-order chi connectivity index (χ1) is 10.2. The summed E-state index contributed by atoms with van der Waals surface area (Å²) in [5.41, 5.74) is 8.66. The van der Waals surface area contributed by atoms with Crippen molar-refractivity contribution >= 4 is 5.57 Å². The molecular weight excluding hydrogens is 262 g/mol. The molecule has 4 nitrogen and oxygen atoms in total. The van der Waals surface area contributed by atoms with Gasteiger partial charge in [-0.3, -0.25) is 4.90 Å². The first kappa shape index (κ1) is 14.3. The van der Waals surface area contributed by atoms with Crippen LogP contribution in [0.15, 0.2) is 42.5 Å². The summed E-state index contributed by atoms with van der Waals surface area (Å²) in [5, 5.41) is 3.37. The Morgan fingerprint density at radius 1 is 1.19 bits per heavy atom. The number of ether oxygens (including phenoxy) is 1. The molecule has 1 aliphatic heterocycles. The molecule has 1 aliphatic carbocycles. The second kappa shape index (κ2) is 6.02. The molecule has 3 N–H and O–H groups in total. The van der Waals surface area contributed by atoms with Crippen molar-refractivity contribution in [1.82, 2.24) is 10.2 Å². The van der Waals surface area contributed by atoms with E-state index in [0.717, 1.165) is 38.3 Å². The minimum Gasteiger partial charge on any atom is -0.497 e. The van der Waals surface area contributed by atoms with Crippen LogP contribution in [-0.2, 0) is 0 Å². The first-order valence-electron chi connectivity index (χ1n) is 7.50. The van der Waals surface area contributed by atoms with Gasteiger partial charge in [0.2, 0.25) is 0 Å². The van der Waals surface area contributed by atoms with Crippen molar-refractivity contribution in [1.29, 1.82) is 0 Å². The predicted molar refractivity (Wildman–Crippen MR) is 86.1 cm³/mol. The third-order valence-corrected chi connectivity index (χ3v) is 4.33. The van der Waals surface area contributed by atoms with Crippen molar-refractivity contribution in [2.24, 2.45) is 5.73 Å². The van der Waals surface area contributed by atoms with Crippen LogP contribution in [0.5, 0.6) is 5.75 Å². The molecule has 0 bridgehead atoms. The molecule has 112 valence electrons. The van der Waals surface area contributed by atoms with Crippen molar-refractivity contribution in [2.45, 2.75) is 12.1 Å². The van der Waals surface area contributed by atoms with E-state index >= 15 is 0 Å². The third kappa shape index (κ3) is 3.02. The monoisotopic (exact) mass is 285 g/mol. The van der Waals surface area contributed by atoms with Crippen LogP contribution >= 0.6 is 0 Å². The minimum absolute atomic E-state index is 0.335. The summed E-state index contributed by atoms with van der Waals surface area (Å²) < 4.78 is 5.20. The number of nitrogens with two attached hydrogens (primary N) is 1. The first-order valence-corrected chi connectivity index (χ1v) is 7.50. The average Bonchev–Trinajstić information content (AvgIpc) is 2.57. The van der Waals surface area contributed by atoms with Crippen molar-refractivity contribution in [3.05, 3.63) is 48.1 Å². The molecule has 1 fully saturated rings. The van der Waals surface area contributed by atoms with E-state index in [1.165, 1.54) is 11.1 Å². The second-order valence-electron chi connectivity index (χ2n) is 5.65. The molecular formula is C17H23N3O. The molecule has 1 unspecified atom stereocenters. The highest BCUT2D eigenvalue weighted by Gasteiger charge is 2.31. The van der Waals surface area contributed by atoms with Gasteiger partial charge in [0.15, 0.2) is 0 Å². The normalized spacial score (nSPS) is 26.5. The van der Waals surface area contributed by atoms with Gasteiger partial charge in [-0.15, -0.1) is 0 Å². The molecule has 4 heteroatoms. The van der Waals surface area contributed by atoms with Crippen LogP contribution in [0.25, 0.3) is 5.57 Å². The maximum atomic E-state index is 6.57. The summed E-state index contributed by atoms with van der Waals surface area (Å²) in [6.45, 7) is 4.04. The molecule has 21 heavy (non-hydrogen) atoms. The number of nitrogens with zero attached hydrogens (tertiary/aromatic N) is 1. The van der Waals surface area contributed by atoms with Gasteiger partial charge in [-0.2, -0.15) is 0 Å². The van der Waals surface area contributed by atoms with E-state index in [0.29, 0.717) is 0 Å². The standard InChI is InChI=1S/C17H23N3O/c1-21-16-4-2-14(3-5-16)15-6-8-17(18,9-7-15)20-12-10-19-11-13-20/h2-8,19H,9-13,18H2,1H3. The lowest BCUT2D eigenvalue weighted by atomic mass is 9.92. The Hall–Kier alpha value is -1.62. The molecule has 1 saturated heterocycles. The Balaban J connectivity index is 1.72. The fourth-order valence-corrected chi connectivity index (χ4v) is 2.96. The molecule has 1 aromatic carbocycles. The fourth-order valence-electron chi connectivity index (χ4n) is 2.96. The third-order valence-electron chi connectivity index (χ3n) is 4.33. The van der Waals surface area contributed by atoms with Crippen molar-refractivity contribution < 1.29 is 4.74 Å². The van der Waals surface area contributed by atoms with Gasteiger partial charge in [0.05, 0.1) is 12.8 Å². The van der Waals surface area contributed by atoms with E-state index < -0.39 is 0 Å². The molecule has 0 aromatic heterocycles. The van der Waals surface area contributed by atoms with Gasteiger partial charge in [-0.05, 0) is 29.3 Å². The number of allylic oxidation sites excluding steroid dienone is 2. The van der Waals surface area contributed by atoms with E-state index in [4.69, 9.17) is 10.5 Å². The molecule has 0 spiro atoms. The number of hydrogen-bond donors (Lipinski definition) is 2. The van der Waals surface area contributed by atoms with Gasteiger partial charge in [0, 0.05) is 32.6 Å². The number of benzene rings is 1. The van der Waals surface area contributed by atoms with Crippen LogP contribution in [0.2, 0.25) is 0 Å². The lowest BCUT2D eigenvalue weighted by Crippen LogP contribution is -2.60. The molecule has 0 radical (unpaired) electrons. The van der Waals surface area contributed by atoms with Gasteiger partial charge in [0.1, 0.15) is 5.75 Å². The zero-order valence-corrected chi connectivity index (χ0v) is 12.5. The quantitative estimate of drug-likeness (QED) is 0.886. The van der Waals surface area contributed by atoms with Crippen molar-refractivity contribution in [3.63, 3.8) is 0 Å². The van der Waals surface area contributed by atoms with Gasteiger partial charge < -0.3 is 15.8 Å². The number of methoxy groups -OCH3 is 1. The summed E-state index contributed by atoms with van der Waals surface area (Å²) in [5.74, 6) is 0.883. The van der Waals surface area contributed by atoms with Crippen LogP contribution in [-0.4, -0.2) is 43.9 Å². The highest BCUT2D eigenvalue weighted by atomic mass is 16.5. The SMILES string of the molecule is COc1ccc(C2=CCC(N)(N3CCNCC3)C=C2)cc1. The Morgan fingerprint density at radius 2 is 1.90 bits per heavy atom. The molecule has 2 aliphatic rings. The predicted octanol–water partition coefficient (Wildman–Crippen LogP) is 1.60. The summed E-state index contributed by atoms with van der Waals surface area (Å²) >= 11 is 0. The topological polar surface area (TPSA) is 50.5 Å². The van der Waals surface area contributed by atoms with Gasteiger partial charge >= 0.3 is 0 Å². The molecule has 3 rings (SSSR count). The highest BCUT2D eigenvalue weighted by Crippen LogP contribution is 2.28. The minimum atomic E-state index is -0.335. The molecule has 1 heterocycles. The average molecular weight is 285 g/mol. The smallest absolute Gasteiger partial charge is 0.118 e. The zero-order chi connectivity index (χ0) is 14.7. The maximum absolute atomic E-state index is 6.57. The Morgan fingerprint density at radius 3 is 2.48 bits per heavy atom. The summed E-state index contributed by atoms with van der Waals surface area (Å²) in [4.78, 5) is 2.36. The Kier molecular flexibility index (Phi) is 4.10. The van der Waals surface area contributed by atoms with Crippen LogP contribution in [0, 0.1) is 0 Å². The maximum Gasteiger partial charge on any atom is 0.118 e. The fraction of sp³-hybridized carbons (Fsp3) is 0.412. The lowest BCUT2D eigenvalue weighted by molar-refractivity contribution is 0.118. The highest BCUT2D eigenvalue weighted by molar-refractivity contribution is 5.75. The van der Waals surface area contributed by atoms with Crippen LogP contribution < -0.4 is 15.8 Å². The van der Waals surface area contributed by atoms with E-state index in [2.05, 4.69) is 40.6 Å². The largest absolute Gasteiger partial charge is 0.497 e. The van der Waals surface area contributed by atoms with Gasteiger partial charge in [0.25, 0.3) is 0 Å². The Bertz CT molecular complexity index is 544. The van der Waals surface area contributed by atoms with Crippen LogP contribution in [0.4, 0.5) is 0 Å². The number of rotatable bonds is 3. The second-order valence-corrected chi connectivity index (χ2v) is 5.65. The van der Waals surface area contributed by atoms with Gasteiger partial charge in [-0.1, -0.05) is 24.3 Å². The number of hydrogen-bond acceptors (Lipinski definition) is 4. The zero-order valence-electron chi connectivity index (χ0n) is 12.5. The Labute approximate surface area is 126 Å². The molecule has 1 aromatic rings.